The Morgan fingerprint density at radius 2 is 2.43 bits per heavy atom. The van der Waals surface area contributed by atoms with Gasteiger partial charge < -0.3 is 10.5 Å². The number of nitrogens with two attached hydrogens (primary N) is 1. The third-order valence-corrected chi connectivity index (χ3v) is 3.68. The van der Waals surface area contributed by atoms with Crippen molar-refractivity contribution in [1.82, 2.24) is 0 Å². The molecule has 14 heavy (non-hydrogen) atoms. The van der Waals surface area contributed by atoms with Gasteiger partial charge in [0.05, 0.1) is 5.02 Å². The highest BCUT2D eigenvalue weighted by Crippen LogP contribution is 2.40. The van der Waals surface area contributed by atoms with Gasteiger partial charge in [0.1, 0.15) is 17.7 Å². The SMILES string of the molecule is NC[C@@H]1Cc2c(cc(F)c(Cl)c2Br)O1. The van der Waals surface area contributed by atoms with Crippen LogP contribution in [0.5, 0.6) is 5.75 Å². The first-order chi connectivity index (χ1) is 6.63. The van der Waals surface area contributed by atoms with Gasteiger partial charge in [-0.3, -0.25) is 0 Å². The maximum Gasteiger partial charge on any atom is 0.146 e. The molecule has 0 fully saturated rings. The normalized spacial score (nSPS) is 19.3. The minimum atomic E-state index is -0.477. The zero-order valence-corrected chi connectivity index (χ0v) is 9.53. The lowest BCUT2D eigenvalue weighted by Gasteiger charge is -2.06. The lowest BCUT2D eigenvalue weighted by Crippen LogP contribution is -2.24. The van der Waals surface area contributed by atoms with E-state index in [1.165, 1.54) is 6.07 Å². The Hall–Kier alpha value is -0.320. The fourth-order valence-corrected chi connectivity index (χ4v) is 2.20. The van der Waals surface area contributed by atoms with Crippen molar-refractivity contribution in [2.24, 2.45) is 5.73 Å². The molecule has 1 aliphatic heterocycles. The first-order valence-electron chi connectivity index (χ1n) is 4.16. The maximum atomic E-state index is 13.2. The monoisotopic (exact) mass is 279 g/mol. The van der Waals surface area contributed by atoms with E-state index in [9.17, 15) is 4.39 Å². The van der Waals surface area contributed by atoms with Gasteiger partial charge in [-0.1, -0.05) is 11.6 Å². The Labute approximate surface area is 94.3 Å². The van der Waals surface area contributed by atoms with Gasteiger partial charge in [0.15, 0.2) is 0 Å². The molecule has 0 saturated carbocycles. The fraction of sp³-hybridized carbons (Fsp3) is 0.333. The van der Waals surface area contributed by atoms with Gasteiger partial charge in [-0.2, -0.15) is 0 Å². The molecule has 1 heterocycles. The molecule has 0 radical (unpaired) electrons. The molecular weight excluding hydrogens is 272 g/mol. The first kappa shape index (κ1) is 10.2. The lowest BCUT2D eigenvalue weighted by molar-refractivity contribution is 0.240. The van der Waals surface area contributed by atoms with E-state index in [0.717, 1.165) is 5.56 Å². The highest BCUT2D eigenvalue weighted by molar-refractivity contribution is 9.10. The molecule has 1 aromatic rings. The van der Waals surface area contributed by atoms with Crippen LogP contribution in [0.15, 0.2) is 10.5 Å². The molecule has 0 unspecified atom stereocenters. The molecular formula is C9H8BrClFNO. The van der Waals surface area contributed by atoms with Crippen molar-refractivity contribution in [3.05, 3.63) is 26.9 Å². The number of halogens is 3. The molecule has 5 heteroatoms. The summed E-state index contributed by atoms with van der Waals surface area (Å²) in [4.78, 5) is 0. The average Bonchev–Trinajstić information content (AvgIpc) is 2.57. The van der Waals surface area contributed by atoms with Gasteiger partial charge in [-0.25, -0.2) is 4.39 Å². The molecule has 1 aromatic carbocycles. The minimum absolute atomic E-state index is 0.0702. The molecule has 1 aliphatic rings. The van der Waals surface area contributed by atoms with Crippen molar-refractivity contribution >= 4 is 27.5 Å². The van der Waals surface area contributed by atoms with E-state index in [2.05, 4.69) is 15.9 Å². The van der Waals surface area contributed by atoms with Crippen molar-refractivity contribution in [3.63, 3.8) is 0 Å². The van der Waals surface area contributed by atoms with Crippen LogP contribution in [0.3, 0.4) is 0 Å². The summed E-state index contributed by atoms with van der Waals surface area (Å²) in [6.07, 6.45) is 0.603. The third kappa shape index (κ3) is 1.51. The molecule has 0 aliphatic carbocycles. The van der Waals surface area contributed by atoms with Crippen molar-refractivity contribution in [1.29, 1.82) is 0 Å². The van der Waals surface area contributed by atoms with Crippen LogP contribution in [0.4, 0.5) is 4.39 Å². The van der Waals surface area contributed by atoms with E-state index in [0.29, 0.717) is 23.2 Å². The molecule has 0 spiro atoms. The standard InChI is InChI=1S/C9H8BrClFNO/c10-8-5-1-4(3-13)14-7(5)2-6(12)9(8)11/h2,4H,1,3,13H2/t4-/m0/s1. The van der Waals surface area contributed by atoms with E-state index in [-0.39, 0.29) is 11.1 Å². The van der Waals surface area contributed by atoms with Gasteiger partial charge in [-0.15, -0.1) is 0 Å². The quantitative estimate of drug-likeness (QED) is 0.802. The fourth-order valence-electron chi connectivity index (χ4n) is 1.49. The Kier molecular flexibility index (Phi) is 2.68. The highest BCUT2D eigenvalue weighted by Gasteiger charge is 2.26. The number of rotatable bonds is 1. The van der Waals surface area contributed by atoms with E-state index < -0.39 is 5.82 Å². The number of fused-ring (bicyclic) bond motifs is 1. The van der Waals surface area contributed by atoms with Crippen LogP contribution in [0.25, 0.3) is 0 Å². The Balaban J connectivity index is 2.48. The second kappa shape index (κ2) is 3.68. The summed E-state index contributed by atoms with van der Waals surface area (Å²) >= 11 is 8.99. The van der Waals surface area contributed by atoms with Crippen molar-refractivity contribution < 1.29 is 9.13 Å². The summed E-state index contributed by atoms with van der Waals surface area (Å²) in [7, 11) is 0. The second-order valence-electron chi connectivity index (χ2n) is 3.14. The summed E-state index contributed by atoms with van der Waals surface area (Å²) in [6, 6.07) is 1.30. The smallest absolute Gasteiger partial charge is 0.146 e. The van der Waals surface area contributed by atoms with Crippen LogP contribution in [-0.2, 0) is 6.42 Å². The number of ether oxygens (including phenoxy) is 1. The Bertz CT molecular complexity index is 386. The molecule has 2 nitrogen and oxygen atoms in total. The molecule has 0 aromatic heterocycles. The molecule has 76 valence electrons. The summed E-state index contributed by atoms with van der Waals surface area (Å²) in [6.45, 7) is 0.417. The lowest BCUT2D eigenvalue weighted by atomic mass is 10.1. The summed E-state index contributed by atoms with van der Waals surface area (Å²) < 4.78 is 19.2. The van der Waals surface area contributed by atoms with Crippen LogP contribution < -0.4 is 10.5 Å². The van der Waals surface area contributed by atoms with E-state index >= 15 is 0 Å². The van der Waals surface area contributed by atoms with Crippen LogP contribution in [0.1, 0.15) is 5.56 Å². The van der Waals surface area contributed by atoms with Crippen LogP contribution >= 0.6 is 27.5 Å². The van der Waals surface area contributed by atoms with Crippen molar-refractivity contribution in [3.8, 4) is 5.75 Å². The minimum Gasteiger partial charge on any atom is -0.488 e. The zero-order valence-electron chi connectivity index (χ0n) is 7.19. The topological polar surface area (TPSA) is 35.2 Å². The van der Waals surface area contributed by atoms with Gasteiger partial charge in [0.25, 0.3) is 0 Å². The third-order valence-electron chi connectivity index (χ3n) is 2.21. The largest absolute Gasteiger partial charge is 0.488 e. The summed E-state index contributed by atoms with van der Waals surface area (Å²) in [5.41, 5.74) is 6.37. The number of hydrogen-bond donors (Lipinski definition) is 1. The van der Waals surface area contributed by atoms with Gasteiger partial charge in [-0.05, 0) is 15.9 Å². The predicted molar refractivity (Wildman–Crippen MR) is 56.3 cm³/mol. The highest BCUT2D eigenvalue weighted by atomic mass is 79.9. The Morgan fingerprint density at radius 3 is 3.07 bits per heavy atom. The molecule has 2 rings (SSSR count). The first-order valence-corrected chi connectivity index (χ1v) is 5.33. The van der Waals surface area contributed by atoms with Crippen LogP contribution in [0, 0.1) is 5.82 Å². The van der Waals surface area contributed by atoms with Crippen molar-refractivity contribution in [2.45, 2.75) is 12.5 Å². The average molecular weight is 281 g/mol. The van der Waals surface area contributed by atoms with Crippen LogP contribution in [-0.4, -0.2) is 12.6 Å². The molecule has 0 saturated heterocycles. The van der Waals surface area contributed by atoms with Crippen LogP contribution in [0.2, 0.25) is 5.02 Å². The second-order valence-corrected chi connectivity index (χ2v) is 4.31. The van der Waals surface area contributed by atoms with E-state index in [1.807, 2.05) is 0 Å². The molecule has 1 atom stereocenters. The molecule has 0 amide bonds. The molecule has 0 bridgehead atoms. The zero-order chi connectivity index (χ0) is 10.3. The maximum absolute atomic E-state index is 13.2. The number of benzene rings is 1. The summed E-state index contributed by atoms with van der Waals surface area (Å²) in [5.74, 6) is 0.0594. The van der Waals surface area contributed by atoms with E-state index in [4.69, 9.17) is 22.1 Å². The van der Waals surface area contributed by atoms with Gasteiger partial charge in [0.2, 0.25) is 0 Å². The predicted octanol–water partition coefficient (Wildman–Crippen LogP) is 2.50. The Morgan fingerprint density at radius 1 is 1.71 bits per heavy atom. The van der Waals surface area contributed by atoms with Crippen molar-refractivity contribution in [2.75, 3.05) is 6.54 Å². The van der Waals surface area contributed by atoms with Gasteiger partial charge in [0, 0.05) is 29.1 Å². The van der Waals surface area contributed by atoms with Gasteiger partial charge >= 0.3 is 0 Å². The van der Waals surface area contributed by atoms with E-state index in [1.54, 1.807) is 0 Å². The number of hydrogen-bond acceptors (Lipinski definition) is 2. The molecule has 2 N–H and O–H groups in total. The summed E-state index contributed by atoms with van der Waals surface area (Å²) in [5, 5.41) is 0.102.